The van der Waals surface area contributed by atoms with Crippen molar-refractivity contribution in [1.29, 1.82) is 0 Å². The molecular formula is C10H27NSi2. The first-order valence-electron chi connectivity index (χ1n) is 5.78. The molecule has 1 nitrogen and oxygen atoms in total. The molecule has 0 aromatic heterocycles. The smallest absolute Gasteiger partial charge is 0.0833 e. The average Bonchev–Trinajstić information content (AvgIpc) is 2.11. The maximum Gasteiger partial charge on any atom is 0.0833 e. The second-order valence-electron chi connectivity index (χ2n) is 4.61. The Balaban J connectivity index is 4.17. The van der Waals surface area contributed by atoms with Crippen molar-refractivity contribution in [1.82, 2.24) is 4.57 Å². The molecule has 0 N–H and O–H groups in total. The molecule has 0 spiro atoms. The van der Waals surface area contributed by atoms with Crippen LogP contribution in [0.3, 0.4) is 0 Å². The van der Waals surface area contributed by atoms with Crippen molar-refractivity contribution in [3.8, 4) is 0 Å². The summed E-state index contributed by atoms with van der Waals surface area (Å²) in [5.41, 5.74) is 0. The van der Waals surface area contributed by atoms with Crippen LogP contribution in [-0.4, -0.2) is 34.2 Å². The third-order valence-electron chi connectivity index (χ3n) is 2.89. The third-order valence-corrected chi connectivity index (χ3v) is 8.74. The molecule has 0 aromatic rings. The van der Waals surface area contributed by atoms with Gasteiger partial charge in [-0.05, 0) is 24.9 Å². The van der Waals surface area contributed by atoms with Crippen molar-refractivity contribution >= 4 is 17.5 Å². The van der Waals surface area contributed by atoms with E-state index >= 15 is 0 Å². The van der Waals surface area contributed by atoms with Gasteiger partial charge >= 0.3 is 0 Å². The Morgan fingerprint density at radius 1 is 1.08 bits per heavy atom. The van der Waals surface area contributed by atoms with E-state index in [1.165, 1.54) is 12.8 Å². The molecule has 3 heteroatoms. The lowest BCUT2D eigenvalue weighted by Gasteiger charge is -2.35. The predicted octanol–water partition coefficient (Wildman–Crippen LogP) is 1.95. The van der Waals surface area contributed by atoms with E-state index in [2.05, 4.69) is 45.4 Å². The fraction of sp³-hybridized carbons (Fsp3) is 1.00. The van der Waals surface area contributed by atoms with Crippen molar-refractivity contribution in [3.63, 3.8) is 0 Å². The Bertz CT molecular complexity index is 118. The van der Waals surface area contributed by atoms with Crippen molar-refractivity contribution < 1.29 is 0 Å². The Morgan fingerprint density at radius 3 is 1.69 bits per heavy atom. The van der Waals surface area contributed by atoms with Crippen LogP contribution in [0.15, 0.2) is 0 Å². The predicted molar refractivity (Wildman–Crippen MR) is 68.8 cm³/mol. The lowest BCUT2D eigenvalue weighted by Crippen LogP contribution is -2.46. The van der Waals surface area contributed by atoms with E-state index < -0.39 is 0 Å². The first kappa shape index (κ1) is 13.4. The summed E-state index contributed by atoms with van der Waals surface area (Å²) in [6.07, 6.45) is 2.64. The topological polar surface area (TPSA) is 3.24 Å². The molecule has 0 amide bonds. The quantitative estimate of drug-likeness (QED) is 0.615. The zero-order valence-electron chi connectivity index (χ0n) is 10.3. The molecule has 13 heavy (non-hydrogen) atoms. The van der Waals surface area contributed by atoms with Crippen LogP contribution >= 0.6 is 0 Å². The zero-order chi connectivity index (χ0) is 10.4. The summed E-state index contributed by atoms with van der Waals surface area (Å²) in [5, 5.41) is 0. The normalized spacial score (nSPS) is 17.5. The van der Waals surface area contributed by atoms with Crippen LogP contribution < -0.4 is 0 Å². The zero-order valence-corrected chi connectivity index (χ0v) is 12.9. The van der Waals surface area contributed by atoms with Gasteiger partial charge < -0.3 is 4.57 Å². The van der Waals surface area contributed by atoms with Gasteiger partial charge in [-0.3, -0.25) is 0 Å². The average molecular weight is 218 g/mol. The maximum absolute atomic E-state index is 2.84. The molecule has 2 unspecified atom stereocenters. The molecule has 0 radical (unpaired) electrons. The molecule has 0 saturated heterocycles. The van der Waals surface area contributed by atoms with Gasteiger partial charge in [-0.15, -0.1) is 0 Å². The van der Waals surface area contributed by atoms with Crippen LogP contribution in [0.1, 0.15) is 40.5 Å². The van der Waals surface area contributed by atoms with E-state index in [0.29, 0.717) is 0 Å². The van der Waals surface area contributed by atoms with E-state index in [0.717, 1.165) is 12.1 Å². The van der Waals surface area contributed by atoms with Crippen LogP contribution in [-0.2, 0) is 0 Å². The minimum absolute atomic E-state index is 0.115. The van der Waals surface area contributed by atoms with Gasteiger partial charge in [0.1, 0.15) is 0 Å². The lowest BCUT2D eigenvalue weighted by molar-refractivity contribution is 0.272. The summed E-state index contributed by atoms with van der Waals surface area (Å²) >= 11 is 0. The van der Waals surface area contributed by atoms with Gasteiger partial charge in [0.2, 0.25) is 0 Å². The van der Waals surface area contributed by atoms with Gasteiger partial charge in [0, 0.05) is 8.31 Å². The molecule has 0 saturated carbocycles. The van der Waals surface area contributed by atoms with Crippen molar-refractivity contribution in [2.24, 2.45) is 0 Å². The first-order valence-corrected chi connectivity index (χ1v) is 12.0. The van der Waals surface area contributed by atoms with E-state index in [1.54, 1.807) is 0 Å². The number of rotatable bonds is 6. The minimum Gasteiger partial charge on any atom is -0.327 e. The van der Waals surface area contributed by atoms with Crippen LogP contribution in [0.25, 0.3) is 0 Å². The molecule has 0 heterocycles. The summed E-state index contributed by atoms with van der Waals surface area (Å²) in [5.74, 6) is 0. The van der Waals surface area contributed by atoms with Gasteiger partial charge in [-0.25, -0.2) is 0 Å². The molecule has 0 bridgehead atoms. The summed E-state index contributed by atoms with van der Waals surface area (Å²) in [4.78, 5) is 0. The Hall–Kier alpha value is 0.394. The van der Waals surface area contributed by atoms with Crippen LogP contribution in [0.5, 0.6) is 0 Å². The van der Waals surface area contributed by atoms with Gasteiger partial charge in [-0.2, -0.15) is 0 Å². The number of nitrogens with zero attached hydrogens (tertiary/aromatic N) is 1. The van der Waals surface area contributed by atoms with E-state index in [4.69, 9.17) is 0 Å². The first-order chi connectivity index (χ1) is 6.02. The summed E-state index contributed by atoms with van der Waals surface area (Å²) in [6, 6.07) is 1.66. The fourth-order valence-corrected chi connectivity index (χ4v) is 8.45. The van der Waals surface area contributed by atoms with Gasteiger partial charge in [0.25, 0.3) is 0 Å². The van der Waals surface area contributed by atoms with Gasteiger partial charge in [0.05, 0.1) is 9.20 Å². The molecule has 0 rings (SSSR count). The van der Waals surface area contributed by atoms with Crippen LogP contribution in [0, 0.1) is 0 Å². The Kier molecular flexibility index (Phi) is 7.00. The van der Waals surface area contributed by atoms with Crippen molar-refractivity contribution in [3.05, 3.63) is 0 Å². The van der Waals surface area contributed by atoms with Crippen LogP contribution in [0.4, 0.5) is 0 Å². The van der Waals surface area contributed by atoms with E-state index in [1.807, 2.05) is 0 Å². The Labute approximate surface area is 88.2 Å². The third kappa shape index (κ3) is 4.98. The van der Waals surface area contributed by atoms with E-state index in [9.17, 15) is 0 Å². The summed E-state index contributed by atoms with van der Waals surface area (Å²) in [7, 11) is -0.188. The van der Waals surface area contributed by atoms with E-state index in [-0.39, 0.29) is 17.5 Å². The fourth-order valence-electron chi connectivity index (χ4n) is 1.68. The standard InChI is InChI=1S/C10H27NSi2/c1-7-9(3)11(10(4)8-2)12-13(5)6/h9-10,13H,7-8,12H2,1-6H3. The van der Waals surface area contributed by atoms with Gasteiger partial charge in [0.15, 0.2) is 0 Å². The number of hydrogen-bond acceptors (Lipinski definition) is 1. The molecule has 0 fully saturated rings. The number of hydrogen-bond donors (Lipinski definition) is 0. The molecule has 0 aliphatic rings. The molecule has 2 atom stereocenters. The Morgan fingerprint density at radius 2 is 1.46 bits per heavy atom. The highest BCUT2D eigenvalue weighted by atomic mass is 29.2. The SMILES string of the molecule is CCC(C)N([SiH2][SiH](C)C)C(C)CC. The molecule has 0 aliphatic heterocycles. The highest BCUT2D eigenvalue weighted by Gasteiger charge is 2.18. The lowest BCUT2D eigenvalue weighted by atomic mass is 10.2. The highest BCUT2D eigenvalue weighted by molar-refractivity contribution is 7.10. The minimum atomic E-state index is -0.304. The maximum atomic E-state index is 2.84. The molecule has 0 aliphatic carbocycles. The van der Waals surface area contributed by atoms with Crippen molar-refractivity contribution in [2.75, 3.05) is 0 Å². The van der Waals surface area contributed by atoms with Crippen LogP contribution in [0.2, 0.25) is 13.1 Å². The second kappa shape index (κ2) is 6.79. The summed E-state index contributed by atoms with van der Waals surface area (Å²) < 4.78 is 2.84. The molecule has 80 valence electrons. The monoisotopic (exact) mass is 217 g/mol. The molecule has 0 aromatic carbocycles. The molecular weight excluding hydrogens is 190 g/mol. The van der Waals surface area contributed by atoms with Gasteiger partial charge in [-0.1, -0.05) is 40.8 Å². The largest absolute Gasteiger partial charge is 0.327 e. The highest BCUT2D eigenvalue weighted by Crippen LogP contribution is 2.10. The summed E-state index contributed by atoms with van der Waals surface area (Å²) in [6.45, 7) is 14.4. The second-order valence-corrected chi connectivity index (χ2v) is 14.5. The van der Waals surface area contributed by atoms with Crippen molar-refractivity contribution in [2.45, 2.75) is 65.7 Å².